The SMILES string of the molecule is Cc1ccccc1NCCc1nc(CSC(C)(C)C)no1. The van der Waals surface area contributed by atoms with E-state index in [0.717, 1.165) is 30.2 Å². The van der Waals surface area contributed by atoms with Crippen LogP contribution in [0.5, 0.6) is 0 Å². The van der Waals surface area contributed by atoms with Gasteiger partial charge in [-0.25, -0.2) is 0 Å². The molecule has 0 amide bonds. The molecule has 5 heteroatoms. The summed E-state index contributed by atoms with van der Waals surface area (Å²) in [5.74, 6) is 2.26. The van der Waals surface area contributed by atoms with E-state index in [2.05, 4.69) is 55.3 Å². The molecule has 0 fully saturated rings. The lowest BCUT2D eigenvalue weighted by molar-refractivity contribution is 0.376. The number of anilines is 1. The van der Waals surface area contributed by atoms with Crippen molar-refractivity contribution in [1.29, 1.82) is 0 Å². The van der Waals surface area contributed by atoms with Crippen molar-refractivity contribution in [2.45, 2.75) is 44.6 Å². The Morgan fingerprint density at radius 2 is 2.00 bits per heavy atom. The van der Waals surface area contributed by atoms with Gasteiger partial charge in [0.15, 0.2) is 5.82 Å². The van der Waals surface area contributed by atoms with Crippen molar-refractivity contribution < 1.29 is 4.52 Å². The van der Waals surface area contributed by atoms with Gasteiger partial charge in [0.05, 0.1) is 5.75 Å². The van der Waals surface area contributed by atoms with Crippen molar-refractivity contribution in [3.63, 3.8) is 0 Å². The summed E-state index contributed by atoms with van der Waals surface area (Å²) in [5.41, 5.74) is 2.39. The van der Waals surface area contributed by atoms with E-state index >= 15 is 0 Å². The maximum Gasteiger partial charge on any atom is 0.228 e. The van der Waals surface area contributed by atoms with Crippen LogP contribution in [0.3, 0.4) is 0 Å². The van der Waals surface area contributed by atoms with E-state index in [1.165, 1.54) is 5.56 Å². The van der Waals surface area contributed by atoms with Crippen molar-refractivity contribution in [1.82, 2.24) is 10.1 Å². The summed E-state index contributed by atoms with van der Waals surface area (Å²) in [6.45, 7) is 9.44. The zero-order valence-electron chi connectivity index (χ0n) is 13.1. The predicted octanol–water partition coefficient (Wildman–Crippen LogP) is 4.06. The first-order chi connectivity index (χ1) is 9.94. The lowest BCUT2D eigenvalue weighted by atomic mass is 10.2. The molecule has 0 aliphatic rings. The van der Waals surface area contributed by atoms with Crippen molar-refractivity contribution in [3.05, 3.63) is 41.5 Å². The van der Waals surface area contributed by atoms with Crippen LogP contribution in [0.1, 0.15) is 38.0 Å². The highest BCUT2D eigenvalue weighted by molar-refractivity contribution is 7.99. The number of hydrogen-bond donors (Lipinski definition) is 1. The van der Waals surface area contributed by atoms with Crippen LogP contribution in [0.25, 0.3) is 0 Å². The molecule has 0 radical (unpaired) electrons. The smallest absolute Gasteiger partial charge is 0.228 e. The van der Waals surface area contributed by atoms with Gasteiger partial charge in [0.2, 0.25) is 5.89 Å². The Morgan fingerprint density at radius 1 is 1.24 bits per heavy atom. The van der Waals surface area contributed by atoms with Crippen molar-refractivity contribution >= 4 is 17.4 Å². The fourth-order valence-corrected chi connectivity index (χ4v) is 2.49. The van der Waals surface area contributed by atoms with Crippen LogP contribution in [0.15, 0.2) is 28.8 Å². The maximum absolute atomic E-state index is 5.28. The van der Waals surface area contributed by atoms with Gasteiger partial charge in [0, 0.05) is 23.4 Å². The molecule has 21 heavy (non-hydrogen) atoms. The number of benzene rings is 1. The average molecular weight is 305 g/mol. The molecule has 0 atom stereocenters. The second kappa shape index (κ2) is 6.98. The highest BCUT2D eigenvalue weighted by Crippen LogP contribution is 2.26. The molecule has 2 rings (SSSR count). The number of nitrogens with one attached hydrogen (secondary N) is 1. The van der Waals surface area contributed by atoms with Crippen LogP contribution in [-0.2, 0) is 12.2 Å². The van der Waals surface area contributed by atoms with Gasteiger partial charge in [0.25, 0.3) is 0 Å². The van der Waals surface area contributed by atoms with Crippen LogP contribution in [0.4, 0.5) is 5.69 Å². The van der Waals surface area contributed by atoms with Gasteiger partial charge in [0.1, 0.15) is 0 Å². The molecule has 0 aliphatic carbocycles. The first-order valence-corrected chi connectivity index (χ1v) is 8.17. The lowest BCUT2D eigenvalue weighted by Crippen LogP contribution is -2.08. The van der Waals surface area contributed by atoms with Crippen LogP contribution in [0, 0.1) is 6.92 Å². The van der Waals surface area contributed by atoms with Crippen molar-refractivity contribution in [2.75, 3.05) is 11.9 Å². The first kappa shape index (κ1) is 15.9. The van der Waals surface area contributed by atoms with Gasteiger partial charge in [-0.3, -0.25) is 0 Å². The Balaban J connectivity index is 1.79. The summed E-state index contributed by atoms with van der Waals surface area (Å²) < 4.78 is 5.50. The largest absolute Gasteiger partial charge is 0.384 e. The minimum absolute atomic E-state index is 0.215. The van der Waals surface area contributed by atoms with Crippen LogP contribution in [0.2, 0.25) is 0 Å². The van der Waals surface area contributed by atoms with Gasteiger partial charge in [-0.05, 0) is 18.6 Å². The van der Waals surface area contributed by atoms with E-state index in [4.69, 9.17) is 4.52 Å². The zero-order valence-corrected chi connectivity index (χ0v) is 14.0. The highest BCUT2D eigenvalue weighted by atomic mass is 32.2. The second-order valence-corrected chi connectivity index (χ2v) is 7.80. The van der Waals surface area contributed by atoms with Crippen molar-refractivity contribution in [2.24, 2.45) is 0 Å². The fraction of sp³-hybridized carbons (Fsp3) is 0.500. The van der Waals surface area contributed by atoms with E-state index in [9.17, 15) is 0 Å². The molecular formula is C16H23N3OS. The third-order valence-corrected chi connectivity index (χ3v) is 4.21. The Morgan fingerprint density at radius 3 is 2.71 bits per heavy atom. The van der Waals surface area contributed by atoms with Gasteiger partial charge in [-0.15, -0.1) is 11.8 Å². The normalized spacial score (nSPS) is 11.6. The van der Waals surface area contributed by atoms with Crippen LogP contribution < -0.4 is 5.32 Å². The zero-order chi connectivity index (χ0) is 15.3. The average Bonchev–Trinajstić information content (AvgIpc) is 2.86. The standard InChI is InChI=1S/C16H23N3OS/c1-12-7-5-6-8-13(12)17-10-9-15-18-14(19-20-15)11-21-16(2,3)4/h5-8,17H,9-11H2,1-4H3. The van der Waals surface area contributed by atoms with E-state index in [-0.39, 0.29) is 4.75 Å². The molecule has 0 spiro atoms. The predicted molar refractivity (Wildman–Crippen MR) is 88.7 cm³/mol. The second-order valence-electron chi connectivity index (χ2n) is 6.00. The summed E-state index contributed by atoms with van der Waals surface area (Å²) in [4.78, 5) is 4.43. The summed E-state index contributed by atoms with van der Waals surface area (Å²) in [6, 6.07) is 8.24. The monoisotopic (exact) mass is 305 g/mol. The number of rotatable bonds is 6. The van der Waals surface area contributed by atoms with Gasteiger partial charge in [-0.1, -0.05) is 44.1 Å². The van der Waals surface area contributed by atoms with Gasteiger partial charge >= 0.3 is 0 Å². The third kappa shape index (κ3) is 5.42. The number of nitrogens with zero attached hydrogens (tertiary/aromatic N) is 2. The summed E-state index contributed by atoms with van der Waals surface area (Å²) >= 11 is 1.82. The molecule has 0 aliphatic heterocycles. The fourth-order valence-electron chi connectivity index (χ4n) is 1.81. The van der Waals surface area contributed by atoms with Crippen LogP contribution >= 0.6 is 11.8 Å². The molecule has 1 heterocycles. The molecule has 1 N–H and O–H groups in total. The van der Waals surface area contributed by atoms with E-state index < -0.39 is 0 Å². The number of thioether (sulfide) groups is 1. The topological polar surface area (TPSA) is 51.0 Å². The maximum atomic E-state index is 5.28. The van der Waals surface area contributed by atoms with Crippen LogP contribution in [-0.4, -0.2) is 21.4 Å². The van der Waals surface area contributed by atoms with E-state index in [0.29, 0.717) is 5.89 Å². The molecule has 4 nitrogen and oxygen atoms in total. The molecule has 1 aromatic carbocycles. The Bertz CT molecular complexity index is 575. The lowest BCUT2D eigenvalue weighted by Gasteiger charge is -2.15. The van der Waals surface area contributed by atoms with E-state index in [1.807, 2.05) is 23.9 Å². The number of para-hydroxylation sites is 1. The Kier molecular flexibility index (Phi) is 5.28. The summed E-state index contributed by atoms with van der Waals surface area (Å²) in [6.07, 6.45) is 0.738. The third-order valence-electron chi connectivity index (χ3n) is 2.94. The molecule has 2 aromatic rings. The number of aryl methyl sites for hydroxylation is 1. The van der Waals surface area contributed by atoms with Gasteiger partial charge in [-0.2, -0.15) is 4.98 Å². The molecule has 0 saturated heterocycles. The molecule has 0 bridgehead atoms. The minimum Gasteiger partial charge on any atom is -0.384 e. The van der Waals surface area contributed by atoms with E-state index in [1.54, 1.807) is 0 Å². The molecule has 0 saturated carbocycles. The Hall–Kier alpha value is -1.49. The van der Waals surface area contributed by atoms with Crippen molar-refractivity contribution in [3.8, 4) is 0 Å². The van der Waals surface area contributed by atoms with Gasteiger partial charge < -0.3 is 9.84 Å². The quantitative estimate of drug-likeness (QED) is 0.872. The minimum atomic E-state index is 0.215. The number of hydrogen-bond acceptors (Lipinski definition) is 5. The molecular weight excluding hydrogens is 282 g/mol. The highest BCUT2D eigenvalue weighted by Gasteiger charge is 2.13. The summed E-state index contributed by atoms with van der Waals surface area (Å²) in [7, 11) is 0. The molecule has 114 valence electrons. The number of aromatic nitrogens is 2. The summed E-state index contributed by atoms with van der Waals surface area (Å²) in [5, 5.41) is 7.42. The first-order valence-electron chi connectivity index (χ1n) is 7.19. The molecule has 1 aromatic heterocycles. The molecule has 0 unspecified atom stereocenters. The Labute approximate surface area is 130 Å².